The SMILES string of the molecule is CCC(NCCOC)(C(=O)O)c1ccc(OC)cc1. The maximum atomic E-state index is 11.7. The van der Waals surface area contributed by atoms with Crippen molar-refractivity contribution in [2.45, 2.75) is 18.9 Å². The largest absolute Gasteiger partial charge is 0.497 e. The van der Waals surface area contributed by atoms with E-state index in [1.165, 1.54) is 0 Å². The van der Waals surface area contributed by atoms with Crippen LogP contribution in [0.25, 0.3) is 0 Å². The second-order valence-electron chi connectivity index (χ2n) is 4.21. The van der Waals surface area contributed by atoms with Gasteiger partial charge in [0.2, 0.25) is 0 Å². The summed E-state index contributed by atoms with van der Waals surface area (Å²) in [6.07, 6.45) is 0.443. The normalized spacial score (nSPS) is 13.8. The summed E-state index contributed by atoms with van der Waals surface area (Å²) in [5.41, 5.74) is -0.385. The molecule has 1 aromatic rings. The van der Waals surface area contributed by atoms with Gasteiger partial charge in [-0.05, 0) is 24.1 Å². The van der Waals surface area contributed by atoms with Crippen LogP contribution in [0, 0.1) is 0 Å². The number of nitrogens with one attached hydrogen (secondary N) is 1. The van der Waals surface area contributed by atoms with Gasteiger partial charge in [0, 0.05) is 13.7 Å². The number of carbonyl (C=O) groups is 1. The van der Waals surface area contributed by atoms with E-state index in [9.17, 15) is 9.90 Å². The Morgan fingerprint density at radius 2 is 1.95 bits per heavy atom. The third-order valence-electron chi connectivity index (χ3n) is 3.21. The smallest absolute Gasteiger partial charge is 0.328 e. The van der Waals surface area contributed by atoms with E-state index in [1.54, 1.807) is 38.5 Å². The fraction of sp³-hybridized carbons (Fsp3) is 0.500. The molecule has 19 heavy (non-hydrogen) atoms. The van der Waals surface area contributed by atoms with Gasteiger partial charge in [-0.3, -0.25) is 5.32 Å². The lowest BCUT2D eigenvalue weighted by Crippen LogP contribution is -2.49. The van der Waals surface area contributed by atoms with Crippen molar-refractivity contribution in [3.05, 3.63) is 29.8 Å². The minimum atomic E-state index is -1.09. The lowest BCUT2D eigenvalue weighted by molar-refractivity contribution is -0.145. The number of carboxylic acids is 1. The quantitative estimate of drug-likeness (QED) is 0.701. The average molecular weight is 267 g/mol. The third-order valence-corrected chi connectivity index (χ3v) is 3.21. The van der Waals surface area contributed by atoms with Crippen molar-refractivity contribution >= 4 is 5.97 Å². The zero-order valence-electron chi connectivity index (χ0n) is 11.6. The van der Waals surface area contributed by atoms with Crippen molar-refractivity contribution < 1.29 is 19.4 Å². The minimum absolute atomic E-state index is 0.443. The summed E-state index contributed by atoms with van der Waals surface area (Å²) < 4.78 is 10.0. The van der Waals surface area contributed by atoms with E-state index >= 15 is 0 Å². The molecule has 2 N–H and O–H groups in total. The molecule has 0 saturated carbocycles. The number of aliphatic carboxylic acids is 1. The van der Waals surface area contributed by atoms with Gasteiger partial charge in [0.1, 0.15) is 11.3 Å². The summed E-state index contributed by atoms with van der Waals surface area (Å²) in [6.45, 7) is 2.78. The molecule has 0 fully saturated rings. The Labute approximate surface area is 113 Å². The van der Waals surface area contributed by atoms with Crippen LogP contribution < -0.4 is 10.1 Å². The Balaban J connectivity index is 3.02. The molecule has 0 bridgehead atoms. The van der Waals surface area contributed by atoms with E-state index in [4.69, 9.17) is 9.47 Å². The second kappa shape index (κ2) is 7.11. The van der Waals surface area contributed by atoms with E-state index in [2.05, 4.69) is 5.32 Å². The van der Waals surface area contributed by atoms with Crippen molar-refractivity contribution in [3.63, 3.8) is 0 Å². The van der Waals surface area contributed by atoms with Gasteiger partial charge in [-0.1, -0.05) is 19.1 Å². The highest BCUT2D eigenvalue weighted by atomic mass is 16.5. The predicted octanol–water partition coefficient (Wildman–Crippen LogP) is 1.62. The Morgan fingerprint density at radius 1 is 1.32 bits per heavy atom. The molecular weight excluding hydrogens is 246 g/mol. The van der Waals surface area contributed by atoms with Crippen molar-refractivity contribution in [2.24, 2.45) is 0 Å². The van der Waals surface area contributed by atoms with E-state index < -0.39 is 11.5 Å². The molecule has 1 unspecified atom stereocenters. The molecule has 0 aliphatic rings. The average Bonchev–Trinajstić information content (AvgIpc) is 2.44. The number of hydrogen-bond donors (Lipinski definition) is 2. The predicted molar refractivity (Wildman–Crippen MR) is 72.5 cm³/mol. The van der Waals surface area contributed by atoms with Gasteiger partial charge in [0.05, 0.1) is 13.7 Å². The standard InChI is InChI=1S/C14H21NO4/c1-4-14(13(16)17,15-9-10-18-2)11-5-7-12(19-3)8-6-11/h5-8,15H,4,9-10H2,1-3H3,(H,16,17). The number of rotatable bonds is 8. The Kier molecular flexibility index (Phi) is 5.79. The highest BCUT2D eigenvalue weighted by molar-refractivity contribution is 5.80. The first-order valence-electron chi connectivity index (χ1n) is 6.22. The van der Waals surface area contributed by atoms with Gasteiger partial charge in [0.15, 0.2) is 0 Å². The molecule has 5 heteroatoms. The summed E-state index contributed by atoms with van der Waals surface area (Å²) in [5.74, 6) is -0.188. The number of hydrogen-bond acceptors (Lipinski definition) is 4. The summed E-state index contributed by atoms with van der Waals surface area (Å²) in [6, 6.07) is 7.08. The molecule has 0 heterocycles. The lowest BCUT2D eigenvalue weighted by Gasteiger charge is -2.30. The van der Waals surface area contributed by atoms with Crippen LogP contribution in [0.1, 0.15) is 18.9 Å². The first kappa shape index (κ1) is 15.5. The van der Waals surface area contributed by atoms with E-state index in [0.717, 1.165) is 0 Å². The van der Waals surface area contributed by atoms with Crippen molar-refractivity contribution in [1.29, 1.82) is 0 Å². The molecule has 106 valence electrons. The second-order valence-corrected chi connectivity index (χ2v) is 4.21. The molecule has 0 saturated heterocycles. The number of carboxylic acid groups (broad SMARTS) is 1. The Hall–Kier alpha value is -1.59. The molecular formula is C14H21NO4. The summed E-state index contributed by atoms with van der Waals surface area (Å²) in [5, 5.41) is 12.6. The number of benzene rings is 1. The van der Waals surface area contributed by atoms with Crippen molar-refractivity contribution in [1.82, 2.24) is 5.32 Å². The van der Waals surface area contributed by atoms with E-state index in [1.807, 2.05) is 6.92 Å². The topological polar surface area (TPSA) is 67.8 Å². The van der Waals surface area contributed by atoms with Crippen LogP contribution in [-0.4, -0.2) is 38.4 Å². The number of methoxy groups -OCH3 is 2. The zero-order chi connectivity index (χ0) is 14.3. The van der Waals surface area contributed by atoms with Crippen LogP contribution in [-0.2, 0) is 15.1 Å². The first-order valence-corrected chi connectivity index (χ1v) is 6.22. The maximum Gasteiger partial charge on any atom is 0.328 e. The third kappa shape index (κ3) is 3.45. The molecule has 5 nitrogen and oxygen atoms in total. The van der Waals surface area contributed by atoms with Crippen LogP contribution in [0.4, 0.5) is 0 Å². The van der Waals surface area contributed by atoms with Crippen LogP contribution in [0.2, 0.25) is 0 Å². The van der Waals surface area contributed by atoms with Gasteiger partial charge >= 0.3 is 5.97 Å². The van der Waals surface area contributed by atoms with Crippen molar-refractivity contribution in [2.75, 3.05) is 27.4 Å². The van der Waals surface area contributed by atoms with Gasteiger partial charge in [0.25, 0.3) is 0 Å². The van der Waals surface area contributed by atoms with Gasteiger partial charge in [-0.25, -0.2) is 4.79 Å². The molecule has 0 aromatic heterocycles. The van der Waals surface area contributed by atoms with Gasteiger partial charge < -0.3 is 14.6 Å². The molecule has 0 aliphatic heterocycles. The number of ether oxygens (including phenoxy) is 2. The molecule has 0 radical (unpaired) electrons. The van der Waals surface area contributed by atoms with Crippen LogP contribution in [0.3, 0.4) is 0 Å². The summed E-state index contributed by atoms with van der Waals surface area (Å²) >= 11 is 0. The highest BCUT2D eigenvalue weighted by Crippen LogP contribution is 2.27. The van der Waals surface area contributed by atoms with E-state index in [-0.39, 0.29) is 0 Å². The zero-order valence-corrected chi connectivity index (χ0v) is 11.6. The molecule has 0 spiro atoms. The molecule has 0 aliphatic carbocycles. The van der Waals surface area contributed by atoms with Crippen LogP contribution in [0.5, 0.6) is 5.75 Å². The fourth-order valence-electron chi connectivity index (χ4n) is 2.02. The first-order chi connectivity index (χ1) is 9.10. The Morgan fingerprint density at radius 3 is 2.37 bits per heavy atom. The fourth-order valence-corrected chi connectivity index (χ4v) is 2.02. The Bertz CT molecular complexity index is 404. The summed E-state index contributed by atoms with van der Waals surface area (Å²) in [4.78, 5) is 11.7. The van der Waals surface area contributed by atoms with Gasteiger partial charge in [-0.15, -0.1) is 0 Å². The molecule has 0 amide bonds. The van der Waals surface area contributed by atoms with Gasteiger partial charge in [-0.2, -0.15) is 0 Å². The molecule has 1 rings (SSSR count). The van der Waals surface area contributed by atoms with Crippen LogP contribution >= 0.6 is 0 Å². The molecule has 1 aromatic carbocycles. The summed E-state index contributed by atoms with van der Waals surface area (Å²) in [7, 11) is 3.17. The highest BCUT2D eigenvalue weighted by Gasteiger charge is 2.38. The molecule has 1 atom stereocenters. The van der Waals surface area contributed by atoms with Crippen LogP contribution in [0.15, 0.2) is 24.3 Å². The monoisotopic (exact) mass is 267 g/mol. The minimum Gasteiger partial charge on any atom is -0.497 e. The lowest BCUT2D eigenvalue weighted by atomic mass is 9.87. The van der Waals surface area contributed by atoms with Crippen molar-refractivity contribution in [3.8, 4) is 5.75 Å². The van der Waals surface area contributed by atoms with E-state index in [0.29, 0.717) is 30.9 Å². The maximum absolute atomic E-state index is 11.7.